The molecule has 3 N–H and O–H groups in total. The standard InChI is InChI=1S/C23H21ClF2N3O7P/c24-16-4-2-15(3-5-16)23(25,26)22(33)27-10-13-1-6-17-14(9-13)11-28(20(17)31)18-7-8-19(30)29(21(18)32)12-36-37(34)35/h1-6,9,18,34-35H,7-8,10-12H2,(H,27,33). The molecule has 1 atom stereocenters. The molecular formula is C23H21ClF2N3O7P. The predicted molar refractivity (Wildman–Crippen MR) is 126 cm³/mol. The molecule has 0 aromatic heterocycles. The Balaban J connectivity index is 1.42. The SMILES string of the molecule is O=C1CCC(N2Cc3cc(CNC(=O)C(F)(F)c4ccc(Cl)cc4)ccc3C2=O)C(=O)N1COP(O)O. The second-order valence-electron chi connectivity index (χ2n) is 8.41. The van der Waals surface area contributed by atoms with Crippen molar-refractivity contribution < 1.29 is 42.3 Å². The van der Waals surface area contributed by atoms with Crippen molar-refractivity contribution in [2.45, 2.75) is 37.9 Å². The largest absolute Gasteiger partial charge is 0.349 e. The lowest BCUT2D eigenvalue weighted by Gasteiger charge is -2.35. The molecule has 2 aliphatic rings. The van der Waals surface area contributed by atoms with E-state index in [4.69, 9.17) is 21.4 Å². The summed E-state index contributed by atoms with van der Waals surface area (Å²) in [7, 11) is -2.78. The number of benzene rings is 2. The number of imide groups is 1. The monoisotopic (exact) mass is 555 g/mol. The molecule has 0 spiro atoms. The minimum atomic E-state index is -3.78. The van der Waals surface area contributed by atoms with Gasteiger partial charge in [0.25, 0.3) is 17.7 Å². The highest BCUT2D eigenvalue weighted by atomic mass is 35.5. The van der Waals surface area contributed by atoms with Crippen molar-refractivity contribution in [1.82, 2.24) is 15.1 Å². The summed E-state index contributed by atoms with van der Waals surface area (Å²) in [5.41, 5.74) is 0.800. The Labute approximate surface area is 215 Å². The number of rotatable bonds is 8. The summed E-state index contributed by atoms with van der Waals surface area (Å²) in [6.45, 7) is -0.841. The number of alkyl halides is 2. The molecule has 10 nitrogen and oxygen atoms in total. The fourth-order valence-electron chi connectivity index (χ4n) is 4.20. The van der Waals surface area contributed by atoms with Crippen LogP contribution in [0.1, 0.15) is 39.9 Å². The van der Waals surface area contributed by atoms with Gasteiger partial charge in [0.15, 0.2) is 0 Å². The van der Waals surface area contributed by atoms with Gasteiger partial charge in [-0.3, -0.25) is 28.6 Å². The van der Waals surface area contributed by atoms with Crippen molar-refractivity contribution in [2.75, 3.05) is 6.73 Å². The Morgan fingerprint density at radius 1 is 1.16 bits per heavy atom. The van der Waals surface area contributed by atoms with Crippen LogP contribution in [0, 0.1) is 0 Å². The van der Waals surface area contributed by atoms with Crippen molar-refractivity contribution >= 4 is 43.8 Å². The van der Waals surface area contributed by atoms with E-state index < -0.39 is 56.5 Å². The van der Waals surface area contributed by atoms with Crippen LogP contribution in [0.2, 0.25) is 5.02 Å². The molecule has 0 saturated carbocycles. The van der Waals surface area contributed by atoms with Gasteiger partial charge in [-0.05, 0) is 35.7 Å². The number of piperidine rings is 1. The minimum absolute atomic E-state index is 0.0306. The van der Waals surface area contributed by atoms with E-state index in [-0.39, 0.29) is 31.0 Å². The van der Waals surface area contributed by atoms with Crippen LogP contribution in [-0.2, 0) is 37.9 Å². The number of amides is 4. The molecule has 4 rings (SSSR count). The van der Waals surface area contributed by atoms with Crippen LogP contribution < -0.4 is 5.32 Å². The van der Waals surface area contributed by atoms with Crippen molar-refractivity contribution in [2.24, 2.45) is 0 Å². The highest BCUT2D eigenvalue weighted by Crippen LogP contribution is 2.32. The maximum atomic E-state index is 14.5. The number of nitrogens with zero attached hydrogens (tertiary/aromatic N) is 2. The van der Waals surface area contributed by atoms with Crippen LogP contribution in [0.5, 0.6) is 0 Å². The zero-order chi connectivity index (χ0) is 26.9. The van der Waals surface area contributed by atoms with Gasteiger partial charge in [-0.25, -0.2) is 0 Å². The molecule has 2 aromatic carbocycles. The summed E-state index contributed by atoms with van der Waals surface area (Å²) in [6.07, 6.45) is 0.0391. The number of carbonyl (C=O) groups is 4. The molecule has 0 bridgehead atoms. The number of hydrogen-bond donors (Lipinski definition) is 3. The highest BCUT2D eigenvalue weighted by molar-refractivity contribution is 7.39. The lowest BCUT2D eigenvalue weighted by Crippen LogP contribution is -2.54. The molecule has 2 heterocycles. The van der Waals surface area contributed by atoms with Crippen LogP contribution >= 0.6 is 20.2 Å². The highest BCUT2D eigenvalue weighted by Gasteiger charge is 2.43. The third-order valence-corrected chi connectivity index (χ3v) is 6.71. The van der Waals surface area contributed by atoms with Gasteiger partial charge in [0.1, 0.15) is 12.8 Å². The van der Waals surface area contributed by atoms with E-state index in [1.165, 1.54) is 29.2 Å². The van der Waals surface area contributed by atoms with Gasteiger partial charge in [-0.1, -0.05) is 35.9 Å². The van der Waals surface area contributed by atoms with Crippen molar-refractivity contribution in [3.8, 4) is 0 Å². The third kappa shape index (κ3) is 5.63. The molecule has 1 unspecified atom stereocenters. The third-order valence-electron chi connectivity index (χ3n) is 6.11. The molecule has 4 amide bonds. The molecule has 0 aliphatic carbocycles. The Kier molecular flexibility index (Phi) is 7.86. The molecule has 196 valence electrons. The van der Waals surface area contributed by atoms with E-state index in [0.717, 1.165) is 17.0 Å². The van der Waals surface area contributed by atoms with E-state index >= 15 is 0 Å². The first-order chi connectivity index (χ1) is 17.5. The zero-order valence-corrected chi connectivity index (χ0v) is 20.7. The van der Waals surface area contributed by atoms with E-state index in [9.17, 15) is 28.0 Å². The van der Waals surface area contributed by atoms with Crippen molar-refractivity contribution in [3.05, 3.63) is 69.7 Å². The summed E-state index contributed by atoms with van der Waals surface area (Å²) < 4.78 is 33.6. The lowest BCUT2D eigenvalue weighted by molar-refractivity contribution is -0.156. The fourth-order valence-corrected chi connectivity index (χ4v) is 4.54. The van der Waals surface area contributed by atoms with Gasteiger partial charge < -0.3 is 20.0 Å². The first kappa shape index (κ1) is 27.0. The molecule has 14 heteroatoms. The minimum Gasteiger partial charge on any atom is -0.346 e. The first-order valence-corrected chi connectivity index (χ1v) is 12.5. The van der Waals surface area contributed by atoms with Crippen LogP contribution in [0.25, 0.3) is 0 Å². The van der Waals surface area contributed by atoms with Crippen LogP contribution in [0.4, 0.5) is 8.78 Å². The Morgan fingerprint density at radius 3 is 2.54 bits per heavy atom. The van der Waals surface area contributed by atoms with E-state index in [1.54, 1.807) is 6.07 Å². The lowest BCUT2D eigenvalue weighted by atomic mass is 10.0. The van der Waals surface area contributed by atoms with Gasteiger partial charge >= 0.3 is 14.5 Å². The van der Waals surface area contributed by atoms with Crippen molar-refractivity contribution in [3.63, 3.8) is 0 Å². The summed E-state index contributed by atoms with van der Waals surface area (Å²) in [5.74, 6) is -6.99. The number of hydrogen-bond acceptors (Lipinski definition) is 7. The van der Waals surface area contributed by atoms with Crippen LogP contribution in [0.15, 0.2) is 42.5 Å². The van der Waals surface area contributed by atoms with Gasteiger partial charge in [0.05, 0.1) is 0 Å². The topological polar surface area (TPSA) is 136 Å². The average molecular weight is 556 g/mol. The predicted octanol–water partition coefficient (Wildman–Crippen LogP) is 2.41. The maximum Gasteiger partial charge on any atom is 0.349 e. The second-order valence-corrected chi connectivity index (χ2v) is 9.61. The molecule has 2 aromatic rings. The Bertz CT molecular complexity index is 1250. The Hall–Kier alpha value is -3.02. The molecular weight excluding hydrogens is 535 g/mol. The number of likely N-dealkylation sites (tertiary alicyclic amines) is 1. The van der Waals surface area contributed by atoms with Gasteiger partial charge in [-0.2, -0.15) is 8.78 Å². The van der Waals surface area contributed by atoms with Gasteiger partial charge in [-0.15, -0.1) is 0 Å². The first-order valence-electron chi connectivity index (χ1n) is 11.0. The second kappa shape index (κ2) is 10.8. The average Bonchev–Trinajstić information content (AvgIpc) is 3.17. The van der Waals surface area contributed by atoms with Crippen molar-refractivity contribution in [1.29, 1.82) is 0 Å². The summed E-state index contributed by atoms with van der Waals surface area (Å²) >= 11 is 5.71. The molecule has 0 radical (unpaired) electrons. The molecule has 2 aliphatic heterocycles. The van der Waals surface area contributed by atoms with E-state index in [1.807, 2.05) is 0 Å². The summed E-state index contributed by atoms with van der Waals surface area (Å²) in [6, 6.07) is 8.27. The number of halogens is 3. The van der Waals surface area contributed by atoms with E-state index in [2.05, 4.69) is 9.84 Å². The van der Waals surface area contributed by atoms with Gasteiger partial charge in [0.2, 0.25) is 5.91 Å². The normalized spacial score (nSPS) is 18.0. The molecule has 1 fully saturated rings. The van der Waals surface area contributed by atoms with Crippen LogP contribution in [0.3, 0.4) is 0 Å². The van der Waals surface area contributed by atoms with E-state index in [0.29, 0.717) is 16.7 Å². The summed E-state index contributed by atoms with van der Waals surface area (Å²) in [4.78, 5) is 70.0. The summed E-state index contributed by atoms with van der Waals surface area (Å²) in [5, 5.41) is 2.46. The van der Waals surface area contributed by atoms with Gasteiger partial charge in [0, 0.05) is 35.7 Å². The fraction of sp³-hybridized carbons (Fsp3) is 0.304. The maximum absolute atomic E-state index is 14.5. The zero-order valence-electron chi connectivity index (χ0n) is 19.1. The van der Waals surface area contributed by atoms with Crippen LogP contribution in [-0.4, -0.2) is 56.0 Å². The smallest absolute Gasteiger partial charge is 0.346 e. The number of nitrogens with one attached hydrogen (secondary N) is 1. The molecule has 1 saturated heterocycles. The molecule has 37 heavy (non-hydrogen) atoms. The number of carbonyl (C=O) groups excluding carboxylic acids is 4. The Morgan fingerprint density at radius 2 is 1.86 bits per heavy atom. The quantitative estimate of drug-likeness (QED) is 0.336. The number of fused-ring (bicyclic) bond motifs is 1.